The summed E-state index contributed by atoms with van der Waals surface area (Å²) in [6.45, 7) is 0.597. The van der Waals surface area contributed by atoms with Crippen LogP contribution >= 0.6 is 23.2 Å². The molecule has 2 N–H and O–H groups in total. The zero-order valence-corrected chi connectivity index (χ0v) is 33.4. The molecule has 60 heavy (non-hydrogen) atoms. The van der Waals surface area contributed by atoms with E-state index < -0.39 is 36.0 Å². The first-order valence-electron chi connectivity index (χ1n) is 19.1. The van der Waals surface area contributed by atoms with Crippen LogP contribution in [0.4, 0.5) is 0 Å². The Balaban J connectivity index is 0.974. The number of fused-ring (bicyclic) bond motifs is 2. The van der Waals surface area contributed by atoms with Gasteiger partial charge in [-0.3, -0.25) is 14.6 Å². The highest BCUT2D eigenvalue weighted by Crippen LogP contribution is 2.41. The number of rotatable bonds is 11. The van der Waals surface area contributed by atoms with E-state index in [2.05, 4.69) is 16.4 Å². The van der Waals surface area contributed by atoms with Gasteiger partial charge in [-0.15, -0.1) is 0 Å². The van der Waals surface area contributed by atoms with Gasteiger partial charge in [0.15, 0.2) is 17.6 Å². The summed E-state index contributed by atoms with van der Waals surface area (Å²) in [5.74, 6) is -0.626. The second-order valence-corrected chi connectivity index (χ2v) is 15.3. The van der Waals surface area contributed by atoms with Gasteiger partial charge in [0.2, 0.25) is 5.91 Å². The van der Waals surface area contributed by atoms with Crippen LogP contribution in [0.1, 0.15) is 50.0 Å². The first kappa shape index (κ1) is 39.9. The molecule has 0 aliphatic carbocycles. The molecule has 1 aromatic heterocycles. The van der Waals surface area contributed by atoms with Crippen LogP contribution in [0.25, 0.3) is 11.1 Å². The maximum atomic E-state index is 14.1. The van der Waals surface area contributed by atoms with Gasteiger partial charge in [-0.1, -0.05) is 83.9 Å². The number of nitrogens with one attached hydrogen (secondary N) is 1. The number of nitriles is 1. The summed E-state index contributed by atoms with van der Waals surface area (Å²) in [4.78, 5) is 46.3. The number of hydrogen-bond acceptors (Lipinski definition) is 8. The third kappa shape index (κ3) is 8.90. The number of halogens is 2. The van der Waals surface area contributed by atoms with E-state index in [9.17, 15) is 19.5 Å². The number of amides is 2. The molecule has 5 aromatic carbocycles. The molecule has 0 bridgehead atoms. The van der Waals surface area contributed by atoms with Crippen molar-refractivity contribution in [1.82, 2.24) is 15.2 Å². The Kier molecular flexibility index (Phi) is 11.7. The summed E-state index contributed by atoms with van der Waals surface area (Å²) in [6.07, 6.45) is 1.20. The number of hydrogen-bond donors (Lipinski definition) is 2. The van der Waals surface area contributed by atoms with Crippen molar-refractivity contribution in [2.45, 2.75) is 44.2 Å². The SMILES string of the molecule is N#Cc1ccc(-c2ccc(C[C@H](NC(=O)[C@@H]3Cc4cc5c(cc4CN3C(=O)c3ccccn3)OC(c3ccc(OCc4ccc(Cl)c(Cl)c4)cc3)CO5)C(=O)O)cc2)cc1. The van der Waals surface area contributed by atoms with Crippen molar-refractivity contribution in [3.63, 3.8) is 0 Å². The topological polar surface area (TPSA) is 151 Å². The minimum absolute atomic E-state index is 0.0144. The molecule has 11 nitrogen and oxygen atoms in total. The molecule has 3 heterocycles. The third-order valence-electron chi connectivity index (χ3n) is 10.5. The normalized spacial score (nSPS) is 15.8. The zero-order chi connectivity index (χ0) is 41.8. The number of ether oxygens (including phenoxy) is 3. The van der Waals surface area contributed by atoms with Crippen molar-refractivity contribution >= 4 is 41.0 Å². The van der Waals surface area contributed by atoms with E-state index in [1.807, 2.05) is 78.9 Å². The van der Waals surface area contributed by atoms with Crippen molar-refractivity contribution in [3.8, 4) is 34.4 Å². The smallest absolute Gasteiger partial charge is 0.326 e. The van der Waals surface area contributed by atoms with Crippen molar-refractivity contribution in [2.24, 2.45) is 0 Å². The standard InChI is InChI=1S/C47H36Cl2N4O7/c48-37-17-8-30(19-38(37)49)26-58-36-15-13-33(14-16-36)44-27-59-42-22-34-21-41(53(25-35(34)23-43(42)60-44)46(55)39-3-1-2-18-51-39)45(54)52-40(47(56)57)20-28-4-9-31(10-5-28)32-11-6-29(24-50)7-12-32/h1-19,22-23,40-41,44H,20-21,25-27H2,(H,52,54)(H,56,57)/t40-,41-,44?/m0/s1. The number of carbonyl (C=O) groups is 3. The number of benzene rings is 5. The molecule has 2 aliphatic rings. The number of aromatic nitrogens is 1. The highest BCUT2D eigenvalue weighted by Gasteiger charge is 2.38. The van der Waals surface area contributed by atoms with Gasteiger partial charge < -0.3 is 29.5 Å². The maximum Gasteiger partial charge on any atom is 0.326 e. The second kappa shape index (κ2) is 17.5. The maximum absolute atomic E-state index is 14.1. The third-order valence-corrected chi connectivity index (χ3v) is 11.2. The van der Waals surface area contributed by atoms with Crippen molar-refractivity contribution < 1.29 is 33.7 Å². The average molecular weight is 840 g/mol. The molecule has 0 spiro atoms. The number of carbonyl (C=O) groups excluding carboxylic acids is 2. The Hall–Kier alpha value is -6.87. The second-order valence-electron chi connectivity index (χ2n) is 14.4. The molecule has 0 saturated heterocycles. The van der Waals surface area contributed by atoms with Crippen molar-refractivity contribution in [2.75, 3.05) is 6.61 Å². The Labute approximate surface area is 355 Å². The van der Waals surface area contributed by atoms with Crippen LogP contribution in [0.3, 0.4) is 0 Å². The monoisotopic (exact) mass is 838 g/mol. The van der Waals surface area contributed by atoms with Crippen LogP contribution in [0, 0.1) is 11.3 Å². The predicted molar refractivity (Wildman–Crippen MR) is 224 cm³/mol. The van der Waals surface area contributed by atoms with E-state index in [0.29, 0.717) is 45.0 Å². The fourth-order valence-corrected chi connectivity index (χ4v) is 7.57. The summed E-state index contributed by atoms with van der Waals surface area (Å²) in [6, 6.07) is 35.8. The van der Waals surface area contributed by atoms with E-state index in [1.165, 1.54) is 11.1 Å². The molecule has 13 heteroatoms. The first-order chi connectivity index (χ1) is 29.1. The van der Waals surface area contributed by atoms with Gasteiger partial charge in [-0.2, -0.15) is 5.26 Å². The van der Waals surface area contributed by atoms with Crippen molar-refractivity contribution in [1.29, 1.82) is 5.26 Å². The summed E-state index contributed by atoms with van der Waals surface area (Å²) in [5, 5.41) is 23.0. The minimum atomic E-state index is -1.27. The molecule has 0 fully saturated rings. The molecule has 6 aromatic rings. The van der Waals surface area contributed by atoms with Crippen LogP contribution in [-0.2, 0) is 35.6 Å². The fourth-order valence-electron chi connectivity index (χ4n) is 7.25. The Morgan fingerprint density at radius 2 is 1.58 bits per heavy atom. The minimum Gasteiger partial charge on any atom is -0.489 e. The van der Waals surface area contributed by atoms with E-state index in [-0.39, 0.29) is 31.7 Å². The predicted octanol–water partition coefficient (Wildman–Crippen LogP) is 8.40. The van der Waals surface area contributed by atoms with Crippen LogP contribution < -0.4 is 19.5 Å². The fraction of sp³-hybridized carbons (Fsp3) is 0.170. The largest absolute Gasteiger partial charge is 0.489 e. The number of carboxylic acid groups (broad SMARTS) is 1. The Bertz CT molecular complexity index is 2600. The van der Waals surface area contributed by atoms with Gasteiger partial charge in [0, 0.05) is 25.6 Å². The lowest BCUT2D eigenvalue weighted by atomic mass is 9.91. The molecule has 2 amide bonds. The molecular weight excluding hydrogens is 803 g/mol. The molecule has 8 rings (SSSR count). The quantitative estimate of drug-likeness (QED) is 0.131. The summed E-state index contributed by atoms with van der Waals surface area (Å²) in [7, 11) is 0. The molecule has 0 saturated carbocycles. The molecule has 300 valence electrons. The molecule has 1 unspecified atom stereocenters. The van der Waals surface area contributed by atoms with Gasteiger partial charge in [0.1, 0.15) is 36.7 Å². The van der Waals surface area contributed by atoms with E-state index >= 15 is 0 Å². The summed E-state index contributed by atoms with van der Waals surface area (Å²) >= 11 is 12.2. The molecule has 3 atom stereocenters. The zero-order valence-electron chi connectivity index (χ0n) is 31.9. The Morgan fingerprint density at radius 1 is 0.867 bits per heavy atom. The first-order valence-corrected chi connectivity index (χ1v) is 19.8. The van der Waals surface area contributed by atoms with Crippen LogP contribution in [0.15, 0.2) is 128 Å². The van der Waals surface area contributed by atoms with Crippen molar-refractivity contribution in [3.05, 3.63) is 177 Å². The Morgan fingerprint density at radius 3 is 2.27 bits per heavy atom. The highest BCUT2D eigenvalue weighted by molar-refractivity contribution is 6.42. The average Bonchev–Trinajstić information content (AvgIpc) is 3.28. The lowest BCUT2D eigenvalue weighted by Gasteiger charge is -2.37. The van der Waals surface area contributed by atoms with Gasteiger partial charge >= 0.3 is 5.97 Å². The van der Waals surface area contributed by atoms with Crippen LogP contribution in [0.5, 0.6) is 17.2 Å². The molecular formula is C47H36Cl2N4O7. The van der Waals surface area contributed by atoms with Gasteiger partial charge in [-0.25, -0.2) is 4.79 Å². The van der Waals surface area contributed by atoms with Gasteiger partial charge in [0.25, 0.3) is 5.91 Å². The number of pyridine rings is 1. The number of nitrogens with zero attached hydrogens (tertiary/aromatic N) is 3. The molecule has 0 radical (unpaired) electrons. The number of aliphatic carboxylic acids is 1. The lowest BCUT2D eigenvalue weighted by Crippen LogP contribution is -2.56. The van der Waals surface area contributed by atoms with Gasteiger partial charge in [0.05, 0.1) is 21.7 Å². The summed E-state index contributed by atoms with van der Waals surface area (Å²) in [5.41, 5.74) is 6.49. The number of carboxylic acids is 1. The van der Waals surface area contributed by atoms with Gasteiger partial charge in [-0.05, 0) is 99.6 Å². The van der Waals surface area contributed by atoms with Crippen LogP contribution in [0.2, 0.25) is 10.0 Å². The van der Waals surface area contributed by atoms with E-state index in [4.69, 9.17) is 42.7 Å². The lowest BCUT2D eigenvalue weighted by molar-refractivity contribution is -0.142. The highest BCUT2D eigenvalue weighted by atomic mass is 35.5. The van der Waals surface area contributed by atoms with E-state index in [0.717, 1.165) is 33.4 Å². The van der Waals surface area contributed by atoms with Crippen LogP contribution in [-0.4, -0.2) is 51.5 Å². The summed E-state index contributed by atoms with van der Waals surface area (Å²) < 4.78 is 18.6. The van der Waals surface area contributed by atoms with E-state index in [1.54, 1.807) is 42.5 Å². The molecule has 2 aliphatic heterocycles.